The van der Waals surface area contributed by atoms with Crippen molar-refractivity contribution in [2.75, 3.05) is 18.4 Å². The Kier molecular flexibility index (Phi) is 4.78. The summed E-state index contributed by atoms with van der Waals surface area (Å²) >= 11 is 0. The van der Waals surface area contributed by atoms with Crippen LogP contribution in [0.4, 0.5) is 5.82 Å². The molecular weight excluding hydrogens is 306 g/mol. The molecule has 0 aromatic carbocycles. The minimum atomic E-state index is 0.0222. The predicted octanol–water partition coefficient (Wildman–Crippen LogP) is 2.61. The SMILES string of the molecule is Cc1nc(C2CCN(C(=O)c3cccnc3NC(C)C)CC2)no1. The maximum absolute atomic E-state index is 12.8. The fourth-order valence-corrected chi connectivity index (χ4v) is 2.96. The molecule has 24 heavy (non-hydrogen) atoms. The topological polar surface area (TPSA) is 84.2 Å². The van der Waals surface area contributed by atoms with Gasteiger partial charge in [0.25, 0.3) is 5.91 Å². The minimum Gasteiger partial charge on any atom is -0.367 e. The van der Waals surface area contributed by atoms with Gasteiger partial charge in [-0.05, 0) is 38.8 Å². The van der Waals surface area contributed by atoms with Crippen molar-refractivity contribution in [2.24, 2.45) is 0 Å². The van der Waals surface area contributed by atoms with Crippen LogP contribution in [0.1, 0.15) is 54.7 Å². The van der Waals surface area contributed by atoms with Crippen molar-refractivity contribution in [3.8, 4) is 0 Å². The van der Waals surface area contributed by atoms with Gasteiger partial charge < -0.3 is 14.7 Å². The lowest BCUT2D eigenvalue weighted by atomic mass is 9.95. The van der Waals surface area contributed by atoms with E-state index in [0.717, 1.165) is 18.7 Å². The summed E-state index contributed by atoms with van der Waals surface area (Å²) in [5.74, 6) is 2.27. The quantitative estimate of drug-likeness (QED) is 0.928. The smallest absolute Gasteiger partial charge is 0.257 e. The molecule has 0 aliphatic carbocycles. The van der Waals surface area contributed by atoms with Crippen molar-refractivity contribution in [3.63, 3.8) is 0 Å². The average Bonchev–Trinajstić information content (AvgIpc) is 3.01. The van der Waals surface area contributed by atoms with Gasteiger partial charge in [0.05, 0.1) is 5.56 Å². The Hall–Kier alpha value is -2.44. The highest BCUT2D eigenvalue weighted by Gasteiger charge is 2.28. The van der Waals surface area contributed by atoms with Crippen LogP contribution >= 0.6 is 0 Å². The van der Waals surface area contributed by atoms with E-state index in [1.165, 1.54) is 0 Å². The van der Waals surface area contributed by atoms with E-state index in [9.17, 15) is 4.79 Å². The first kappa shape index (κ1) is 16.4. The monoisotopic (exact) mass is 329 g/mol. The van der Waals surface area contributed by atoms with Crippen LogP contribution in [0.5, 0.6) is 0 Å². The Balaban J connectivity index is 1.67. The van der Waals surface area contributed by atoms with Gasteiger partial charge in [0, 0.05) is 38.2 Å². The zero-order valence-electron chi connectivity index (χ0n) is 14.3. The van der Waals surface area contributed by atoms with E-state index in [2.05, 4.69) is 20.4 Å². The molecule has 3 heterocycles. The van der Waals surface area contributed by atoms with Gasteiger partial charge in [-0.25, -0.2) is 4.98 Å². The number of aryl methyl sites for hydroxylation is 1. The summed E-state index contributed by atoms with van der Waals surface area (Å²) in [4.78, 5) is 23.3. The molecule has 0 radical (unpaired) electrons. The number of pyridine rings is 1. The van der Waals surface area contributed by atoms with Crippen molar-refractivity contribution in [2.45, 2.75) is 45.6 Å². The Labute approximate surface area is 141 Å². The van der Waals surface area contributed by atoms with E-state index >= 15 is 0 Å². The number of rotatable bonds is 4. The van der Waals surface area contributed by atoms with E-state index in [-0.39, 0.29) is 17.9 Å². The first-order chi connectivity index (χ1) is 11.5. The predicted molar refractivity (Wildman–Crippen MR) is 89.9 cm³/mol. The van der Waals surface area contributed by atoms with Crippen molar-refractivity contribution in [3.05, 3.63) is 35.6 Å². The fourth-order valence-electron chi connectivity index (χ4n) is 2.96. The summed E-state index contributed by atoms with van der Waals surface area (Å²) in [7, 11) is 0. The fraction of sp³-hybridized carbons (Fsp3) is 0.529. The van der Waals surface area contributed by atoms with Crippen molar-refractivity contribution in [1.29, 1.82) is 0 Å². The molecular formula is C17H23N5O2. The van der Waals surface area contributed by atoms with Gasteiger partial charge >= 0.3 is 0 Å². The highest BCUT2D eigenvalue weighted by Crippen LogP contribution is 2.27. The van der Waals surface area contributed by atoms with Gasteiger partial charge in [-0.2, -0.15) is 4.98 Å². The maximum Gasteiger partial charge on any atom is 0.257 e. The van der Waals surface area contributed by atoms with Crippen LogP contribution in [0.25, 0.3) is 0 Å². The van der Waals surface area contributed by atoms with Crippen molar-refractivity contribution >= 4 is 11.7 Å². The molecule has 0 atom stereocenters. The molecule has 1 saturated heterocycles. The summed E-state index contributed by atoms with van der Waals surface area (Å²) in [6.45, 7) is 7.23. The molecule has 0 saturated carbocycles. The second-order valence-electron chi connectivity index (χ2n) is 6.44. The Morgan fingerprint density at radius 1 is 1.38 bits per heavy atom. The van der Waals surface area contributed by atoms with Gasteiger partial charge in [0.1, 0.15) is 5.82 Å². The summed E-state index contributed by atoms with van der Waals surface area (Å²) in [5.41, 5.74) is 0.625. The molecule has 0 unspecified atom stereocenters. The number of carbonyl (C=O) groups excluding carboxylic acids is 1. The number of aromatic nitrogens is 3. The number of anilines is 1. The number of nitrogens with one attached hydrogen (secondary N) is 1. The highest BCUT2D eigenvalue weighted by atomic mass is 16.5. The lowest BCUT2D eigenvalue weighted by Gasteiger charge is -2.31. The van der Waals surface area contributed by atoms with Gasteiger partial charge in [0.15, 0.2) is 5.82 Å². The molecule has 2 aromatic heterocycles. The van der Waals surface area contributed by atoms with E-state index in [1.54, 1.807) is 19.2 Å². The van der Waals surface area contributed by atoms with Crippen LogP contribution in [-0.2, 0) is 0 Å². The largest absolute Gasteiger partial charge is 0.367 e. The van der Waals surface area contributed by atoms with Gasteiger partial charge in [-0.15, -0.1) is 0 Å². The summed E-state index contributed by atoms with van der Waals surface area (Å²) in [5, 5.41) is 7.24. The lowest BCUT2D eigenvalue weighted by molar-refractivity contribution is 0.0711. The van der Waals surface area contributed by atoms with E-state index in [1.807, 2.05) is 24.8 Å². The Bertz CT molecular complexity index is 705. The molecule has 0 spiro atoms. The second kappa shape index (κ2) is 6.98. The van der Waals surface area contributed by atoms with Gasteiger partial charge in [0.2, 0.25) is 5.89 Å². The van der Waals surface area contributed by atoms with Crippen LogP contribution in [0.15, 0.2) is 22.9 Å². The first-order valence-electron chi connectivity index (χ1n) is 8.35. The number of likely N-dealkylation sites (tertiary alicyclic amines) is 1. The molecule has 2 aromatic rings. The summed E-state index contributed by atoms with van der Waals surface area (Å²) in [6, 6.07) is 3.85. The van der Waals surface area contributed by atoms with E-state index in [4.69, 9.17) is 4.52 Å². The molecule has 7 nitrogen and oxygen atoms in total. The number of hydrogen-bond donors (Lipinski definition) is 1. The van der Waals surface area contributed by atoms with Crippen LogP contribution < -0.4 is 5.32 Å². The molecule has 0 bridgehead atoms. The molecule has 1 fully saturated rings. The van der Waals surface area contributed by atoms with Crippen molar-refractivity contribution < 1.29 is 9.32 Å². The molecule has 1 aliphatic rings. The third-order valence-electron chi connectivity index (χ3n) is 4.15. The molecule has 1 N–H and O–H groups in total. The number of amides is 1. The standard InChI is InChI=1S/C17H23N5O2/c1-11(2)19-16-14(5-4-8-18-16)17(23)22-9-6-13(7-10-22)15-20-12(3)24-21-15/h4-5,8,11,13H,6-7,9-10H2,1-3H3,(H,18,19). The lowest BCUT2D eigenvalue weighted by Crippen LogP contribution is -2.38. The van der Waals surface area contributed by atoms with E-state index < -0.39 is 0 Å². The van der Waals surface area contributed by atoms with Crippen LogP contribution in [0, 0.1) is 6.92 Å². The minimum absolute atomic E-state index is 0.0222. The maximum atomic E-state index is 12.8. The van der Waals surface area contributed by atoms with Crippen LogP contribution in [-0.4, -0.2) is 45.1 Å². The molecule has 128 valence electrons. The molecule has 1 aliphatic heterocycles. The van der Waals surface area contributed by atoms with E-state index in [0.29, 0.717) is 30.4 Å². The highest BCUT2D eigenvalue weighted by molar-refractivity contribution is 5.98. The molecule has 1 amide bonds. The average molecular weight is 329 g/mol. The van der Waals surface area contributed by atoms with Crippen LogP contribution in [0.3, 0.4) is 0 Å². The Morgan fingerprint density at radius 2 is 2.12 bits per heavy atom. The first-order valence-corrected chi connectivity index (χ1v) is 8.35. The normalized spacial score (nSPS) is 15.8. The second-order valence-corrected chi connectivity index (χ2v) is 6.44. The molecule has 7 heteroatoms. The number of nitrogens with zero attached hydrogens (tertiary/aromatic N) is 4. The summed E-state index contributed by atoms with van der Waals surface area (Å²) < 4.78 is 5.06. The third-order valence-corrected chi connectivity index (χ3v) is 4.15. The van der Waals surface area contributed by atoms with Gasteiger partial charge in [-0.3, -0.25) is 4.79 Å². The zero-order chi connectivity index (χ0) is 17.1. The van der Waals surface area contributed by atoms with Crippen LogP contribution in [0.2, 0.25) is 0 Å². The summed E-state index contributed by atoms with van der Waals surface area (Å²) in [6.07, 6.45) is 3.39. The number of hydrogen-bond acceptors (Lipinski definition) is 6. The number of carbonyl (C=O) groups is 1. The van der Waals surface area contributed by atoms with Gasteiger partial charge in [-0.1, -0.05) is 5.16 Å². The third kappa shape index (κ3) is 3.55. The molecule has 3 rings (SSSR count). The zero-order valence-corrected chi connectivity index (χ0v) is 14.3. The number of piperidine rings is 1. The Morgan fingerprint density at radius 3 is 2.75 bits per heavy atom. The van der Waals surface area contributed by atoms with Crippen molar-refractivity contribution in [1.82, 2.24) is 20.0 Å².